The van der Waals surface area contributed by atoms with Crippen molar-refractivity contribution in [2.24, 2.45) is 0 Å². The molecule has 1 unspecified atom stereocenters. The van der Waals surface area contributed by atoms with Crippen LogP contribution in [0.1, 0.15) is 45.2 Å². The van der Waals surface area contributed by atoms with Crippen LogP contribution in [-0.2, 0) is 4.79 Å². The topological polar surface area (TPSA) is 57.3 Å². The number of aromatic nitrogens is 1. The number of nitrogens with one attached hydrogen (secondary N) is 2. The summed E-state index contributed by atoms with van der Waals surface area (Å²) in [4.78, 5) is 18.0. The van der Waals surface area contributed by atoms with Crippen molar-refractivity contribution in [3.63, 3.8) is 0 Å². The van der Waals surface area contributed by atoms with E-state index in [2.05, 4.69) is 46.5 Å². The summed E-state index contributed by atoms with van der Waals surface area (Å²) in [6.45, 7) is 8.69. The van der Waals surface area contributed by atoms with E-state index < -0.39 is 0 Å². The van der Waals surface area contributed by atoms with Gasteiger partial charge >= 0.3 is 0 Å². The van der Waals surface area contributed by atoms with Crippen LogP contribution in [0.3, 0.4) is 0 Å². The standard InChI is InChI=1S/C16H26N4O/c1-4-17-12(2)14-5-6-16(18-11-14)20-9-7-15(8-10-20)19-13(3)21/h5-6,11-12,15,17H,4,7-10H2,1-3H3,(H,19,21). The van der Waals surface area contributed by atoms with Crippen LogP contribution in [0.5, 0.6) is 0 Å². The second kappa shape index (κ2) is 7.41. The summed E-state index contributed by atoms with van der Waals surface area (Å²) < 4.78 is 0. The average molecular weight is 290 g/mol. The lowest BCUT2D eigenvalue weighted by Gasteiger charge is -2.33. The first kappa shape index (κ1) is 15.8. The van der Waals surface area contributed by atoms with Crippen molar-refractivity contribution in [2.75, 3.05) is 24.5 Å². The number of hydrogen-bond donors (Lipinski definition) is 2. The first-order valence-corrected chi connectivity index (χ1v) is 7.81. The van der Waals surface area contributed by atoms with Crippen LogP contribution >= 0.6 is 0 Å². The molecular weight excluding hydrogens is 264 g/mol. The van der Waals surface area contributed by atoms with Gasteiger partial charge in [0.25, 0.3) is 0 Å². The van der Waals surface area contributed by atoms with Crippen LogP contribution in [0.25, 0.3) is 0 Å². The fourth-order valence-corrected chi connectivity index (χ4v) is 2.81. The number of nitrogens with zero attached hydrogens (tertiary/aromatic N) is 2. The maximum Gasteiger partial charge on any atom is 0.217 e. The van der Waals surface area contributed by atoms with E-state index in [1.54, 1.807) is 6.92 Å². The first-order valence-electron chi connectivity index (χ1n) is 7.81. The van der Waals surface area contributed by atoms with Crippen molar-refractivity contribution in [3.05, 3.63) is 23.9 Å². The van der Waals surface area contributed by atoms with Crippen molar-refractivity contribution >= 4 is 11.7 Å². The molecule has 1 aliphatic rings. The highest BCUT2D eigenvalue weighted by atomic mass is 16.1. The van der Waals surface area contributed by atoms with Crippen molar-refractivity contribution in [1.82, 2.24) is 15.6 Å². The van der Waals surface area contributed by atoms with Crippen molar-refractivity contribution in [2.45, 2.75) is 45.7 Å². The number of piperidine rings is 1. The molecule has 0 spiro atoms. The van der Waals surface area contributed by atoms with E-state index >= 15 is 0 Å². The third-order valence-corrected chi connectivity index (χ3v) is 4.01. The van der Waals surface area contributed by atoms with E-state index in [1.807, 2.05) is 6.20 Å². The maximum atomic E-state index is 11.1. The molecule has 1 atom stereocenters. The predicted molar refractivity (Wildman–Crippen MR) is 85.4 cm³/mol. The Bertz CT molecular complexity index is 452. The van der Waals surface area contributed by atoms with Crippen LogP contribution in [0.4, 0.5) is 5.82 Å². The minimum Gasteiger partial charge on any atom is -0.356 e. The van der Waals surface area contributed by atoms with E-state index in [0.29, 0.717) is 12.1 Å². The van der Waals surface area contributed by atoms with Gasteiger partial charge in [-0.05, 0) is 37.9 Å². The van der Waals surface area contributed by atoms with Gasteiger partial charge in [0.05, 0.1) is 0 Å². The molecule has 21 heavy (non-hydrogen) atoms. The number of anilines is 1. The molecule has 0 aliphatic carbocycles. The number of rotatable bonds is 5. The smallest absolute Gasteiger partial charge is 0.217 e. The Morgan fingerprint density at radius 1 is 1.43 bits per heavy atom. The van der Waals surface area contributed by atoms with Crippen LogP contribution < -0.4 is 15.5 Å². The lowest BCUT2D eigenvalue weighted by molar-refractivity contribution is -0.119. The molecule has 0 radical (unpaired) electrons. The van der Waals surface area contributed by atoms with Gasteiger partial charge in [-0.15, -0.1) is 0 Å². The highest BCUT2D eigenvalue weighted by molar-refractivity contribution is 5.73. The third-order valence-electron chi connectivity index (χ3n) is 4.01. The van der Waals surface area contributed by atoms with Crippen molar-refractivity contribution < 1.29 is 4.79 Å². The molecule has 2 N–H and O–H groups in total. The Morgan fingerprint density at radius 2 is 2.14 bits per heavy atom. The molecule has 1 aromatic rings. The van der Waals surface area contributed by atoms with Gasteiger partial charge in [-0.3, -0.25) is 4.79 Å². The maximum absolute atomic E-state index is 11.1. The number of amides is 1. The van der Waals surface area contributed by atoms with Crippen LogP contribution in [-0.4, -0.2) is 36.6 Å². The quantitative estimate of drug-likeness (QED) is 0.869. The SMILES string of the molecule is CCNC(C)c1ccc(N2CCC(NC(C)=O)CC2)nc1. The fraction of sp³-hybridized carbons (Fsp3) is 0.625. The minimum atomic E-state index is 0.0633. The Morgan fingerprint density at radius 3 is 2.67 bits per heavy atom. The first-order chi connectivity index (χ1) is 10.1. The third kappa shape index (κ3) is 4.43. The molecule has 5 heteroatoms. The Balaban J connectivity index is 1.90. The van der Waals surface area contributed by atoms with Gasteiger partial charge in [0, 0.05) is 38.3 Å². The monoisotopic (exact) mass is 290 g/mol. The highest BCUT2D eigenvalue weighted by Gasteiger charge is 2.20. The van der Waals surface area contributed by atoms with Gasteiger partial charge in [-0.2, -0.15) is 0 Å². The molecule has 1 saturated heterocycles. The number of carbonyl (C=O) groups is 1. The lowest BCUT2D eigenvalue weighted by atomic mass is 10.0. The van der Waals surface area contributed by atoms with Gasteiger partial charge in [0.1, 0.15) is 5.82 Å². The zero-order chi connectivity index (χ0) is 15.2. The van der Waals surface area contributed by atoms with Gasteiger partial charge in [-0.25, -0.2) is 4.98 Å². The molecule has 1 aliphatic heterocycles. The number of hydrogen-bond acceptors (Lipinski definition) is 4. The van der Waals surface area contributed by atoms with Crippen molar-refractivity contribution in [3.8, 4) is 0 Å². The second-order valence-corrected chi connectivity index (χ2v) is 5.69. The highest BCUT2D eigenvalue weighted by Crippen LogP contribution is 2.20. The van der Waals surface area contributed by atoms with Crippen LogP contribution in [0, 0.1) is 0 Å². The van der Waals surface area contributed by atoms with E-state index in [9.17, 15) is 4.79 Å². The summed E-state index contributed by atoms with van der Waals surface area (Å²) >= 11 is 0. The summed E-state index contributed by atoms with van der Waals surface area (Å²) in [5.74, 6) is 1.09. The van der Waals surface area contributed by atoms with E-state index in [4.69, 9.17) is 0 Å². The largest absolute Gasteiger partial charge is 0.356 e. The molecule has 1 fully saturated rings. The molecule has 116 valence electrons. The summed E-state index contributed by atoms with van der Waals surface area (Å²) in [6, 6.07) is 4.89. The molecule has 0 bridgehead atoms. The summed E-state index contributed by atoms with van der Waals surface area (Å²) in [7, 11) is 0. The van der Waals surface area contributed by atoms with Crippen molar-refractivity contribution in [1.29, 1.82) is 0 Å². The molecule has 5 nitrogen and oxygen atoms in total. The number of carbonyl (C=O) groups excluding carboxylic acids is 1. The zero-order valence-corrected chi connectivity index (χ0v) is 13.2. The Hall–Kier alpha value is -1.62. The molecular formula is C16H26N4O. The fourth-order valence-electron chi connectivity index (χ4n) is 2.81. The van der Waals surface area contributed by atoms with Crippen LogP contribution in [0.15, 0.2) is 18.3 Å². The minimum absolute atomic E-state index is 0.0633. The summed E-state index contributed by atoms with van der Waals surface area (Å²) in [6.07, 6.45) is 3.93. The van der Waals surface area contributed by atoms with Gasteiger partial charge in [-0.1, -0.05) is 13.0 Å². The zero-order valence-electron chi connectivity index (χ0n) is 13.2. The van der Waals surface area contributed by atoms with Gasteiger partial charge in [0.15, 0.2) is 0 Å². The molecule has 2 rings (SSSR count). The van der Waals surface area contributed by atoms with E-state index in [0.717, 1.165) is 38.3 Å². The molecule has 2 heterocycles. The lowest BCUT2D eigenvalue weighted by Crippen LogP contribution is -2.44. The van der Waals surface area contributed by atoms with Gasteiger partial charge < -0.3 is 15.5 Å². The Labute approximate surface area is 127 Å². The molecule has 0 aromatic carbocycles. The number of pyridine rings is 1. The molecule has 0 saturated carbocycles. The summed E-state index contributed by atoms with van der Waals surface area (Å²) in [5.41, 5.74) is 1.22. The summed E-state index contributed by atoms with van der Waals surface area (Å²) in [5, 5.41) is 6.39. The van der Waals surface area contributed by atoms with Gasteiger partial charge in [0.2, 0.25) is 5.91 Å². The average Bonchev–Trinajstić information content (AvgIpc) is 2.48. The molecule has 1 aromatic heterocycles. The predicted octanol–water partition coefficient (Wildman–Crippen LogP) is 1.86. The van der Waals surface area contributed by atoms with E-state index in [-0.39, 0.29) is 5.91 Å². The Kier molecular flexibility index (Phi) is 5.56. The molecule has 1 amide bonds. The normalized spacial score (nSPS) is 17.6. The second-order valence-electron chi connectivity index (χ2n) is 5.69. The van der Waals surface area contributed by atoms with E-state index in [1.165, 1.54) is 5.56 Å². The van der Waals surface area contributed by atoms with Crippen LogP contribution in [0.2, 0.25) is 0 Å².